The van der Waals surface area contributed by atoms with Crippen molar-refractivity contribution < 1.29 is 9.53 Å². The number of likely N-dealkylation sites (N-methyl/N-ethyl adjacent to an activating group) is 1. The lowest BCUT2D eigenvalue weighted by molar-refractivity contribution is -0.125. The first-order valence-electron chi connectivity index (χ1n) is 10.3. The normalized spacial score (nSPS) is 15.5. The van der Waals surface area contributed by atoms with Gasteiger partial charge in [0.1, 0.15) is 5.75 Å². The molecule has 0 aliphatic carbocycles. The van der Waals surface area contributed by atoms with Gasteiger partial charge in [-0.3, -0.25) is 9.78 Å². The Morgan fingerprint density at radius 1 is 1.24 bits per heavy atom. The van der Waals surface area contributed by atoms with Gasteiger partial charge in [-0.25, -0.2) is 0 Å². The summed E-state index contributed by atoms with van der Waals surface area (Å²) in [5.74, 6) is 1.59. The summed E-state index contributed by atoms with van der Waals surface area (Å²) < 4.78 is 5.45. The smallest absolute Gasteiger partial charge is 0.246 e. The lowest BCUT2D eigenvalue weighted by atomic mass is 9.96. The van der Waals surface area contributed by atoms with E-state index in [1.165, 1.54) is 5.56 Å². The maximum atomic E-state index is 12.4. The van der Waals surface area contributed by atoms with Gasteiger partial charge in [-0.15, -0.1) is 0 Å². The van der Waals surface area contributed by atoms with E-state index >= 15 is 0 Å². The van der Waals surface area contributed by atoms with Crippen LogP contribution in [0.15, 0.2) is 54.9 Å². The van der Waals surface area contributed by atoms with Crippen molar-refractivity contribution >= 4 is 12.0 Å². The second kappa shape index (κ2) is 10.8. The van der Waals surface area contributed by atoms with Crippen LogP contribution in [0.25, 0.3) is 6.08 Å². The fraction of sp³-hybridized carbons (Fsp3) is 0.417. The number of methoxy groups -OCH3 is 1. The van der Waals surface area contributed by atoms with E-state index in [1.807, 2.05) is 42.3 Å². The minimum atomic E-state index is 0.0486. The van der Waals surface area contributed by atoms with Crippen LogP contribution in [0, 0.1) is 5.92 Å². The van der Waals surface area contributed by atoms with Gasteiger partial charge >= 0.3 is 0 Å². The van der Waals surface area contributed by atoms with Crippen LogP contribution in [0.1, 0.15) is 24.0 Å². The minimum Gasteiger partial charge on any atom is -0.496 e. The monoisotopic (exact) mass is 393 g/mol. The highest BCUT2D eigenvalue weighted by atomic mass is 16.5. The topological polar surface area (TPSA) is 45.7 Å². The highest BCUT2D eigenvalue weighted by Crippen LogP contribution is 2.21. The molecule has 5 heteroatoms. The highest BCUT2D eigenvalue weighted by molar-refractivity contribution is 5.91. The first-order valence-corrected chi connectivity index (χ1v) is 10.3. The van der Waals surface area contributed by atoms with Crippen LogP contribution in [-0.4, -0.2) is 61.0 Å². The molecule has 154 valence electrons. The second-order valence-corrected chi connectivity index (χ2v) is 7.69. The molecule has 1 fully saturated rings. The number of carbonyl (C=O) groups is 1. The van der Waals surface area contributed by atoms with Crippen LogP contribution in [0.4, 0.5) is 0 Å². The molecule has 1 amide bonds. The van der Waals surface area contributed by atoms with Gasteiger partial charge in [0.25, 0.3) is 0 Å². The summed E-state index contributed by atoms with van der Waals surface area (Å²) in [5, 5.41) is 0. The number of benzene rings is 1. The Hall–Kier alpha value is -2.66. The number of rotatable bonds is 8. The van der Waals surface area contributed by atoms with Crippen LogP contribution in [-0.2, 0) is 11.2 Å². The third-order valence-corrected chi connectivity index (χ3v) is 5.61. The van der Waals surface area contributed by atoms with Gasteiger partial charge in [-0.1, -0.05) is 24.3 Å². The highest BCUT2D eigenvalue weighted by Gasteiger charge is 2.21. The number of nitrogens with zero attached hydrogens (tertiary/aromatic N) is 3. The summed E-state index contributed by atoms with van der Waals surface area (Å²) in [6.07, 6.45) is 10.2. The van der Waals surface area contributed by atoms with Gasteiger partial charge in [0.2, 0.25) is 5.91 Å². The van der Waals surface area contributed by atoms with Crippen molar-refractivity contribution in [3.8, 4) is 5.75 Å². The molecule has 1 aromatic heterocycles. The maximum Gasteiger partial charge on any atom is 0.246 e. The molecular formula is C24H31N3O2. The molecule has 1 saturated heterocycles. The number of ether oxygens (including phenoxy) is 1. The molecule has 5 nitrogen and oxygen atoms in total. The molecular weight excluding hydrogens is 362 g/mol. The first kappa shape index (κ1) is 21.1. The summed E-state index contributed by atoms with van der Waals surface area (Å²) >= 11 is 0. The predicted molar refractivity (Wildman–Crippen MR) is 117 cm³/mol. The molecule has 0 radical (unpaired) electrons. The van der Waals surface area contributed by atoms with Crippen molar-refractivity contribution in [1.29, 1.82) is 0 Å². The third-order valence-electron chi connectivity index (χ3n) is 5.61. The molecule has 29 heavy (non-hydrogen) atoms. The fourth-order valence-corrected chi connectivity index (χ4v) is 3.83. The molecule has 1 aliphatic heterocycles. The Labute approximate surface area is 174 Å². The molecule has 2 aromatic rings. The number of hydrogen-bond acceptors (Lipinski definition) is 4. The predicted octanol–water partition coefficient (Wildman–Crippen LogP) is 3.52. The molecule has 2 heterocycles. The van der Waals surface area contributed by atoms with E-state index < -0.39 is 0 Å². The summed E-state index contributed by atoms with van der Waals surface area (Å²) in [4.78, 5) is 20.8. The van der Waals surface area contributed by atoms with E-state index in [0.29, 0.717) is 5.92 Å². The quantitative estimate of drug-likeness (QED) is 0.644. The van der Waals surface area contributed by atoms with Gasteiger partial charge in [-0.05, 0) is 67.6 Å². The minimum absolute atomic E-state index is 0.0486. The summed E-state index contributed by atoms with van der Waals surface area (Å²) in [6.45, 7) is 4.05. The molecule has 0 bridgehead atoms. The van der Waals surface area contributed by atoms with Crippen LogP contribution < -0.4 is 4.74 Å². The SMILES string of the molecule is COc1ccccc1CCN1CCC(CN(C)C(=O)C=Cc2cccnc2)CC1. The number of hydrogen-bond donors (Lipinski definition) is 0. The van der Waals surface area contributed by atoms with E-state index in [1.54, 1.807) is 25.6 Å². The number of pyridine rings is 1. The Bertz CT molecular complexity index is 799. The van der Waals surface area contributed by atoms with Gasteiger partial charge in [-0.2, -0.15) is 0 Å². The maximum absolute atomic E-state index is 12.4. The van der Waals surface area contributed by atoms with Crippen LogP contribution >= 0.6 is 0 Å². The molecule has 0 atom stereocenters. The van der Waals surface area contributed by atoms with Crippen LogP contribution in [0.5, 0.6) is 5.75 Å². The number of piperidine rings is 1. The Kier molecular flexibility index (Phi) is 7.82. The lowest BCUT2D eigenvalue weighted by Gasteiger charge is -2.33. The van der Waals surface area contributed by atoms with Gasteiger partial charge < -0.3 is 14.5 Å². The second-order valence-electron chi connectivity index (χ2n) is 7.69. The Morgan fingerprint density at radius 2 is 2.03 bits per heavy atom. The average molecular weight is 394 g/mol. The lowest BCUT2D eigenvalue weighted by Crippen LogP contribution is -2.39. The average Bonchev–Trinajstić information content (AvgIpc) is 2.77. The summed E-state index contributed by atoms with van der Waals surface area (Å²) in [6, 6.07) is 12.1. The largest absolute Gasteiger partial charge is 0.496 e. The molecule has 3 rings (SSSR count). The number of likely N-dealkylation sites (tertiary alicyclic amines) is 1. The fourth-order valence-electron chi connectivity index (χ4n) is 3.83. The van der Waals surface area contributed by atoms with Crippen molar-refractivity contribution in [2.75, 3.05) is 40.3 Å². The first-order chi connectivity index (χ1) is 14.2. The zero-order valence-electron chi connectivity index (χ0n) is 17.5. The van der Waals surface area contributed by atoms with Crippen LogP contribution in [0.2, 0.25) is 0 Å². The van der Waals surface area contributed by atoms with E-state index in [9.17, 15) is 4.79 Å². The van der Waals surface area contributed by atoms with Crippen molar-refractivity contribution in [3.63, 3.8) is 0 Å². The molecule has 1 aromatic carbocycles. The van der Waals surface area contributed by atoms with E-state index in [4.69, 9.17) is 4.74 Å². The van der Waals surface area contributed by atoms with Crippen molar-refractivity contribution in [2.24, 2.45) is 5.92 Å². The standard InChI is InChI=1S/C24H31N3O2/c1-26(24(28)10-9-20-6-5-14-25-18-20)19-21-11-15-27(16-12-21)17-13-22-7-3-4-8-23(22)29-2/h3-10,14,18,21H,11-13,15-17,19H2,1-2H3. The number of aromatic nitrogens is 1. The van der Waals surface area contributed by atoms with Crippen molar-refractivity contribution in [1.82, 2.24) is 14.8 Å². The zero-order chi connectivity index (χ0) is 20.5. The third kappa shape index (κ3) is 6.43. The molecule has 1 aliphatic rings. The Balaban J connectivity index is 1.40. The van der Waals surface area contributed by atoms with E-state index in [0.717, 1.165) is 56.8 Å². The number of amides is 1. The van der Waals surface area contributed by atoms with Crippen LogP contribution in [0.3, 0.4) is 0 Å². The van der Waals surface area contributed by atoms with Gasteiger partial charge in [0, 0.05) is 38.6 Å². The molecule has 0 N–H and O–H groups in total. The molecule has 0 unspecified atom stereocenters. The zero-order valence-corrected chi connectivity index (χ0v) is 17.5. The van der Waals surface area contributed by atoms with E-state index in [2.05, 4.69) is 22.0 Å². The Morgan fingerprint density at radius 3 is 2.76 bits per heavy atom. The number of para-hydroxylation sites is 1. The molecule has 0 saturated carbocycles. The van der Waals surface area contributed by atoms with Gasteiger partial charge in [0.05, 0.1) is 7.11 Å². The van der Waals surface area contributed by atoms with Crippen molar-refractivity contribution in [3.05, 3.63) is 66.0 Å². The number of carbonyl (C=O) groups excluding carboxylic acids is 1. The van der Waals surface area contributed by atoms with Crippen molar-refractivity contribution in [2.45, 2.75) is 19.3 Å². The van der Waals surface area contributed by atoms with Gasteiger partial charge in [0.15, 0.2) is 0 Å². The van der Waals surface area contributed by atoms with E-state index in [-0.39, 0.29) is 5.91 Å². The molecule has 0 spiro atoms. The summed E-state index contributed by atoms with van der Waals surface area (Å²) in [7, 11) is 3.62. The summed E-state index contributed by atoms with van der Waals surface area (Å²) in [5.41, 5.74) is 2.21.